The third-order valence-corrected chi connectivity index (χ3v) is 24.8. The van der Waals surface area contributed by atoms with E-state index in [4.69, 9.17) is 0 Å². The summed E-state index contributed by atoms with van der Waals surface area (Å²) in [7, 11) is -1.33. The fraction of sp³-hybridized carbons (Fsp3) is 0.329. The van der Waals surface area contributed by atoms with Crippen molar-refractivity contribution in [3.63, 3.8) is 0 Å². The van der Waals surface area contributed by atoms with E-state index in [2.05, 4.69) is 165 Å². The van der Waals surface area contributed by atoms with Crippen molar-refractivity contribution in [1.29, 1.82) is 0 Å². The second-order valence-corrected chi connectivity index (χ2v) is 31.5. The van der Waals surface area contributed by atoms with E-state index < -0.39 is 211 Å². The van der Waals surface area contributed by atoms with Crippen molar-refractivity contribution < 1.29 is 130 Å². The Labute approximate surface area is 642 Å². The van der Waals surface area contributed by atoms with Crippen LogP contribution in [0.4, 0.5) is 105 Å². The van der Waals surface area contributed by atoms with Gasteiger partial charge in [0.2, 0.25) is 5.91 Å². The topological polar surface area (TPSA) is 20.3 Å². The van der Waals surface area contributed by atoms with Gasteiger partial charge >= 0.3 is 49.4 Å². The molecule has 1 aliphatic heterocycles. The Bertz CT molecular complexity index is 3580. The van der Waals surface area contributed by atoms with Crippen LogP contribution in [0.1, 0.15) is 128 Å². The minimum atomic E-state index is -6.13. The van der Waals surface area contributed by atoms with Crippen molar-refractivity contribution >= 4 is 83.6 Å². The van der Waals surface area contributed by atoms with Crippen LogP contribution in [-0.4, -0.2) is 47.1 Å². The molecule has 8 aromatic rings. The molecule has 1 amide bonds. The van der Waals surface area contributed by atoms with Gasteiger partial charge in [0.25, 0.3) is 0 Å². The molecular weight excluding hydrogens is 1640 g/mol. The van der Waals surface area contributed by atoms with Crippen molar-refractivity contribution in [2.45, 2.75) is 144 Å². The van der Waals surface area contributed by atoms with Crippen LogP contribution in [0, 0.1) is 25.7 Å². The van der Waals surface area contributed by atoms with E-state index in [1.54, 1.807) is 0 Å². The summed E-state index contributed by atoms with van der Waals surface area (Å²) >= 11 is 4.32. The first-order valence-corrected chi connectivity index (χ1v) is 37.8. The molecule has 8 aromatic carbocycles. The Hall–Kier alpha value is -6.55. The van der Waals surface area contributed by atoms with Crippen LogP contribution in [0.15, 0.2) is 194 Å². The number of likely N-dealkylation sites (tertiary alicyclic amines) is 1. The maximum atomic E-state index is 14.2. The smallest absolute Gasteiger partial charge is 0.341 e. The molecule has 2 aliphatic rings. The van der Waals surface area contributed by atoms with Gasteiger partial charge in [0.15, 0.2) is 0 Å². The van der Waals surface area contributed by atoms with E-state index in [1.165, 1.54) is 85.4 Å². The van der Waals surface area contributed by atoms with Gasteiger partial charge in [-0.25, -0.2) is 0 Å². The molecule has 0 spiro atoms. The number of hydrogen-bond acceptors (Lipinski definition) is 2. The van der Waals surface area contributed by atoms with E-state index in [-0.39, 0.29) is 19.5 Å². The molecule has 110 heavy (non-hydrogen) atoms. The van der Waals surface area contributed by atoms with Gasteiger partial charge in [-0.1, -0.05) is 208 Å². The number of nitrogens with zero attached hydrogens (tertiary/aromatic N) is 1. The molecule has 1 aliphatic carbocycles. The molecule has 5 radical (unpaired) electrons. The normalized spacial score (nSPS) is 15.8. The SMILES string of the molecule is FC(F)(F)c1cc([B-](c2cc(C(F)(F)F)cc(C(F)(F)F)c2)(c2cc(C(F)(F)F)cc(C(F)(F)F)c2)c2cc(C(F)(F)F)cc(C(F)(F)F)c2)cc(C(F)(F)F)c1.O=C(CCCCCCCCCCS)N1C[C@@H](P(c2ccccc2)c2ccccc2)[C@H](P(c2ccccc2)c2ccccc2)C1.[CH]1[CH]CC[CH][CH]CC1.[Rh]. The monoisotopic (exact) mass is 1710 g/mol. The summed E-state index contributed by atoms with van der Waals surface area (Å²) in [6, 6.07) is 35.6. The van der Waals surface area contributed by atoms with Crippen LogP contribution in [0.25, 0.3) is 0 Å². The van der Waals surface area contributed by atoms with Crippen LogP contribution in [0.5, 0.6) is 0 Å². The third-order valence-electron chi connectivity index (χ3n) is 18.5. The van der Waals surface area contributed by atoms with Crippen molar-refractivity contribution in [2.24, 2.45) is 0 Å². The van der Waals surface area contributed by atoms with Gasteiger partial charge in [0.1, 0.15) is 6.15 Å². The van der Waals surface area contributed by atoms with E-state index >= 15 is 0 Å². The molecule has 0 bridgehead atoms. The van der Waals surface area contributed by atoms with Crippen LogP contribution < -0.4 is 43.1 Å². The first-order chi connectivity index (χ1) is 51.0. The van der Waals surface area contributed by atoms with Crippen LogP contribution >= 0.6 is 28.5 Å². The van der Waals surface area contributed by atoms with Crippen molar-refractivity contribution in [3.8, 4) is 0 Å². The summed E-state index contributed by atoms with van der Waals surface area (Å²) in [6.07, 6.45) is -30.3. The molecule has 1 saturated heterocycles. The zero-order valence-corrected chi connectivity index (χ0v) is 62.3. The van der Waals surface area contributed by atoms with Crippen molar-refractivity contribution in [3.05, 3.63) is 264 Å². The first-order valence-electron chi connectivity index (χ1n) is 34.4. The second-order valence-electron chi connectivity index (χ2n) is 26.1. The first kappa shape index (κ1) is 90.6. The van der Waals surface area contributed by atoms with Crippen LogP contribution in [0.3, 0.4) is 0 Å². The standard InChI is InChI=1S/C39H47NOP2S.C32H12BF24.C8H12.Rh/c41-39(29-19-5-3-1-2-4-6-20-30-44)40-31-37(42(33-21-11-7-12-22-33)34-23-13-8-14-24-34)38(32-40)43(35-25-15-9-16-26-35)36-27-17-10-18-28-36;34-25(35,36)13-1-14(26(37,38)39)6-21(5-13)33(22-7-15(27(40,41)42)2-16(8-22)28(43,44)45,23-9-17(29(46,47)48)3-18(10-23)30(49,50)51)24-11-19(31(52,53)54)4-20(12-24)32(55,56)57;1-2-4-6-8-7-5-3-1;/h7-18,21-28,37-38,44H,1-6,19-20,29-32H2;1-12H;1-2,7-8H,3-6H2;/q;-1;;/t37-,38-;;;/m1.../s1. The largest absolute Gasteiger partial charge is 0.416 e. The summed E-state index contributed by atoms with van der Waals surface area (Å²) in [6.45, 7) is 1.67. The van der Waals surface area contributed by atoms with Gasteiger partial charge in [-0.15, -0.1) is 0 Å². The Morgan fingerprint density at radius 2 is 0.518 bits per heavy atom. The van der Waals surface area contributed by atoms with Crippen LogP contribution in [-0.2, 0) is 73.7 Å². The molecule has 0 aromatic heterocycles. The summed E-state index contributed by atoms with van der Waals surface area (Å²) in [5.74, 6) is 1.34. The Morgan fingerprint density at radius 3 is 0.718 bits per heavy atom. The molecule has 1 heterocycles. The Balaban J connectivity index is 0.000000281. The van der Waals surface area contributed by atoms with Crippen molar-refractivity contribution in [1.82, 2.24) is 4.90 Å². The van der Waals surface area contributed by atoms with Gasteiger partial charge in [-0.3, -0.25) is 4.79 Å². The molecule has 2 atom stereocenters. The molecule has 0 unspecified atom stereocenters. The zero-order chi connectivity index (χ0) is 80.0. The van der Waals surface area contributed by atoms with Crippen molar-refractivity contribution in [2.75, 3.05) is 18.8 Å². The average Bonchev–Trinajstić information content (AvgIpc) is 1.02. The molecule has 595 valence electrons. The summed E-state index contributed by atoms with van der Waals surface area (Å²) < 4.78 is 341. The van der Waals surface area contributed by atoms with Gasteiger partial charge in [0, 0.05) is 50.3 Å². The second kappa shape index (κ2) is 38.5. The number of alkyl halides is 24. The number of halogens is 24. The Kier molecular flexibility index (Phi) is 31.7. The zero-order valence-electron chi connectivity index (χ0n) is 57.9. The third kappa shape index (κ3) is 24.5. The van der Waals surface area contributed by atoms with E-state index in [0.29, 0.717) is 23.6 Å². The quantitative estimate of drug-likeness (QED) is 0.0265. The average molecular weight is 1710 g/mol. The molecule has 10 rings (SSSR count). The molecule has 31 heteroatoms. The summed E-state index contributed by atoms with van der Waals surface area (Å²) in [4.78, 5) is 16.1. The van der Waals surface area contributed by atoms with Gasteiger partial charge in [-0.05, 0) is 131 Å². The predicted molar refractivity (Wildman–Crippen MR) is 383 cm³/mol. The molecule has 1 saturated carbocycles. The van der Waals surface area contributed by atoms with E-state index in [1.807, 2.05) is 0 Å². The minimum absolute atomic E-state index is 0. The maximum absolute atomic E-state index is 14.2. The number of rotatable bonds is 20. The summed E-state index contributed by atoms with van der Waals surface area (Å²) in [5, 5.41) is 5.62. The van der Waals surface area contributed by atoms with E-state index in [0.717, 1.165) is 31.7 Å². The fourth-order valence-electron chi connectivity index (χ4n) is 13.4. The molecular formula is C79H71BF24NOP2RhS-. The number of carbonyl (C=O) groups excluding carboxylic acids is 1. The number of carbonyl (C=O) groups is 1. The number of unbranched alkanes of at least 4 members (excludes halogenated alkanes) is 7. The number of benzene rings is 8. The number of thiol groups is 1. The number of amides is 1. The molecule has 0 N–H and O–H groups in total. The van der Waals surface area contributed by atoms with E-state index in [9.17, 15) is 110 Å². The maximum Gasteiger partial charge on any atom is 0.416 e. The summed E-state index contributed by atoms with van der Waals surface area (Å²) in [5.41, 5.74) is -29.4. The van der Waals surface area contributed by atoms with Gasteiger partial charge < -0.3 is 4.90 Å². The van der Waals surface area contributed by atoms with Gasteiger partial charge in [0.05, 0.1) is 44.5 Å². The fourth-order valence-corrected chi connectivity index (χ4v) is 20.2. The van der Waals surface area contributed by atoms with Crippen LogP contribution in [0.2, 0.25) is 0 Å². The number of hydrogen-bond donors (Lipinski definition) is 1. The molecule has 2 fully saturated rings. The van der Waals surface area contributed by atoms with Gasteiger partial charge in [-0.2, -0.15) is 140 Å². The minimum Gasteiger partial charge on any atom is -0.341 e. The predicted octanol–water partition coefficient (Wildman–Crippen LogP) is 21.9. The molecule has 2 nitrogen and oxygen atoms in total. The Morgan fingerprint density at radius 1 is 0.318 bits per heavy atom.